The van der Waals surface area contributed by atoms with Crippen molar-refractivity contribution in [2.75, 3.05) is 19.7 Å². The van der Waals surface area contributed by atoms with Crippen molar-refractivity contribution in [2.24, 2.45) is 5.41 Å². The van der Waals surface area contributed by atoms with Crippen LogP contribution in [0.5, 0.6) is 0 Å². The van der Waals surface area contributed by atoms with Crippen molar-refractivity contribution >= 4 is 11.8 Å². The number of likely N-dealkylation sites (tertiary alicyclic amines) is 1. The summed E-state index contributed by atoms with van der Waals surface area (Å²) in [6.45, 7) is 7.92. The molecule has 1 heterocycles. The zero-order chi connectivity index (χ0) is 16.9. The zero-order valence-corrected chi connectivity index (χ0v) is 14.7. The average Bonchev–Trinajstić information content (AvgIpc) is 2.54. The first-order chi connectivity index (χ1) is 11.0. The average molecular weight is 322 g/mol. The summed E-state index contributed by atoms with van der Waals surface area (Å²) in [4.78, 5) is 26.8. The monoisotopic (exact) mass is 322 g/mol. The van der Waals surface area contributed by atoms with Crippen LogP contribution in [0, 0.1) is 5.41 Å². The van der Waals surface area contributed by atoms with E-state index in [-0.39, 0.29) is 17.9 Å². The van der Waals surface area contributed by atoms with Gasteiger partial charge in [0, 0.05) is 31.8 Å². The minimum atomic E-state index is -0.499. The first-order valence-corrected chi connectivity index (χ1v) is 8.92. The van der Waals surface area contributed by atoms with Gasteiger partial charge < -0.3 is 15.0 Å². The van der Waals surface area contributed by atoms with Crippen LogP contribution in [0.15, 0.2) is 11.8 Å². The van der Waals surface area contributed by atoms with Crippen LogP contribution in [0.1, 0.15) is 59.3 Å². The Bertz CT molecular complexity index is 473. The fourth-order valence-electron chi connectivity index (χ4n) is 3.63. The molecule has 1 N–H and O–H groups in total. The fraction of sp³-hybridized carbons (Fsp3) is 0.778. The molecule has 1 saturated heterocycles. The van der Waals surface area contributed by atoms with Crippen LogP contribution in [-0.4, -0.2) is 42.5 Å². The molecular weight excluding hydrogens is 292 g/mol. The molecule has 0 bridgehead atoms. The number of fused-ring (bicyclic) bond motifs is 1. The van der Waals surface area contributed by atoms with Gasteiger partial charge in [0.15, 0.2) is 0 Å². The number of carbonyl (C=O) groups excluding carboxylic acids is 2. The summed E-state index contributed by atoms with van der Waals surface area (Å²) < 4.78 is 5.51. The van der Waals surface area contributed by atoms with Crippen molar-refractivity contribution in [1.82, 2.24) is 10.2 Å². The van der Waals surface area contributed by atoms with Crippen molar-refractivity contribution in [3.8, 4) is 0 Å². The first kappa shape index (κ1) is 18.0. The Morgan fingerprint density at radius 2 is 2.22 bits per heavy atom. The van der Waals surface area contributed by atoms with Gasteiger partial charge in [-0.1, -0.05) is 6.08 Å². The van der Waals surface area contributed by atoms with Crippen molar-refractivity contribution in [3.63, 3.8) is 0 Å². The molecule has 0 radical (unpaired) electrons. The van der Waals surface area contributed by atoms with Gasteiger partial charge in [0.25, 0.3) is 0 Å². The van der Waals surface area contributed by atoms with E-state index in [1.807, 2.05) is 25.7 Å². The molecule has 23 heavy (non-hydrogen) atoms. The maximum atomic E-state index is 12.9. The quantitative estimate of drug-likeness (QED) is 0.733. The van der Waals surface area contributed by atoms with E-state index in [2.05, 4.69) is 11.4 Å². The van der Waals surface area contributed by atoms with Crippen LogP contribution in [0.25, 0.3) is 0 Å². The van der Waals surface area contributed by atoms with Crippen molar-refractivity contribution in [1.29, 1.82) is 0 Å². The van der Waals surface area contributed by atoms with Crippen LogP contribution in [0.4, 0.5) is 0 Å². The van der Waals surface area contributed by atoms with Crippen LogP contribution >= 0.6 is 0 Å². The molecule has 2 rings (SSSR count). The predicted molar refractivity (Wildman–Crippen MR) is 89.7 cm³/mol. The normalized spacial score (nSPS) is 24.4. The predicted octanol–water partition coefficient (Wildman–Crippen LogP) is 2.61. The molecule has 1 atom stereocenters. The Morgan fingerprint density at radius 1 is 1.43 bits per heavy atom. The summed E-state index contributed by atoms with van der Waals surface area (Å²) in [6.07, 6.45) is 7.06. The largest absolute Gasteiger partial charge is 0.379 e. The Kier molecular flexibility index (Phi) is 6.22. The van der Waals surface area contributed by atoms with Gasteiger partial charge in [-0.3, -0.25) is 9.59 Å². The molecule has 0 aromatic rings. The van der Waals surface area contributed by atoms with E-state index >= 15 is 0 Å². The smallest absolute Gasteiger partial charge is 0.232 e. The van der Waals surface area contributed by atoms with Gasteiger partial charge >= 0.3 is 0 Å². The minimum Gasteiger partial charge on any atom is -0.379 e. The third-order valence-electron chi connectivity index (χ3n) is 4.80. The maximum absolute atomic E-state index is 12.9. The van der Waals surface area contributed by atoms with Crippen molar-refractivity contribution in [3.05, 3.63) is 11.8 Å². The van der Waals surface area contributed by atoms with E-state index in [0.29, 0.717) is 32.5 Å². The molecule has 2 amide bonds. The second-order valence-electron chi connectivity index (χ2n) is 6.73. The lowest BCUT2D eigenvalue weighted by Gasteiger charge is -2.45. The Balaban J connectivity index is 2.00. The molecule has 1 aliphatic carbocycles. The summed E-state index contributed by atoms with van der Waals surface area (Å²) in [6, 6.07) is 0. The highest BCUT2D eigenvalue weighted by Gasteiger charge is 2.48. The molecule has 1 unspecified atom stereocenters. The molecule has 0 aromatic carbocycles. The van der Waals surface area contributed by atoms with Gasteiger partial charge in [0.2, 0.25) is 11.8 Å². The molecule has 5 nitrogen and oxygen atoms in total. The Morgan fingerprint density at radius 3 is 2.91 bits per heavy atom. The second-order valence-corrected chi connectivity index (χ2v) is 6.73. The number of hydrogen-bond acceptors (Lipinski definition) is 3. The second kappa shape index (κ2) is 7.95. The summed E-state index contributed by atoms with van der Waals surface area (Å²) in [5.74, 6) is 0.230. The van der Waals surface area contributed by atoms with Crippen LogP contribution in [-0.2, 0) is 14.3 Å². The molecule has 0 aromatic heterocycles. The number of nitrogens with one attached hydrogen (secondary N) is 1. The molecular formula is C18H30N2O3. The molecule has 130 valence electrons. The van der Waals surface area contributed by atoms with E-state index in [1.165, 1.54) is 0 Å². The van der Waals surface area contributed by atoms with Gasteiger partial charge in [0.1, 0.15) is 0 Å². The number of rotatable bonds is 7. The van der Waals surface area contributed by atoms with Gasteiger partial charge in [-0.25, -0.2) is 0 Å². The Labute approximate surface area is 139 Å². The summed E-state index contributed by atoms with van der Waals surface area (Å²) in [5, 5.41) is 3.08. The minimum absolute atomic E-state index is 0.0824. The van der Waals surface area contributed by atoms with Gasteiger partial charge in [-0.2, -0.15) is 0 Å². The van der Waals surface area contributed by atoms with Crippen molar-refractivity contribution in [2.45, 2.75) is 65.4 Å². The molecule has 5 heteroatoms. The number of ether oxygens (including phenoxy) is 1. The van der Waals surface area contributed by atoms with Crippen molar-refractivity contribution < 1.29 is 14.3 Å². The molecule has 1 fully saturated rings. The standard InChI is InChI=1S/C18H30N2O3/c1-4-20-15-8-5-6-10-18(15,11-9-16(20)21)17(22)19-12-7-13-23-14(2)3/h8,14H,4-7,9-13H2,1-3H3,(H,19,22). The highest BCUT2D eigenvalue weighted by atomic mass is 16.5. The number of piperidine rings is 1. The fourth-order valence-corrected chi connectivity index (χ4v) is 3.63. The van der Waals surface area contributed by atoms with E-state index < -0.39 is 5.41 Å². The third-order valence-corrected chi connectivity index (χ3v) is 4.80. The lowest BCUT2D eigenvalue weighted by Crippen LogP contribution is -2.53. The first-order valence-electron chi connectivity index (χ1n) is 8.92. The van der Waals surface area contributed by atoms with E-state index in [0.717, 1.165) is 31.4 Å². The number of hydrogen-bond donors (Lipinski definition) is 1. The van der Waals surface area contributed by atoms with Crippen LogP contribution in [0.2, 0.25) is 0 Å². The summed E-state index contributed by atoms with van der Waals surface area (Å²) in [7, 11) is 0. The van der Waals surface area contributed by atoms with E-state index in [9.17, 15) is 9.59 Å². The summed E-state index contributed by atoms with van der Waals surface area (Å²) in [5.41, 5.74) is 0.444. The molecule has 0 saturated carbocycles. The van der Waals surface area contributed by atoms with Gasteiger partial charge in [-0.15, -0.1) is 0 Å². The van der Waals surface area contributed by atoms with Gasteiger partial charge in [-0.05, 0) is 52.9 Å². The third kappa shape index (κ3) is 3.94. The molecule has 1 aliphatic heterocycles. The highest BCUT2D eigenvalue weighted by molar-refractivity contribution is 5.91. The number of allylic oxidation sites excluding steroid dienone is 1. The SMILES string of the molecule is CCN1C(=O)CCC2(C(=O)NCCCOC(C)C)CCCC=C12. The number of carbonyl (C=O) groups is 2. The summed E-state index contributed by atoms with van der Waals surface area (Å²) >= 11 is 0. The molecule has 0 spiro atoms. The number of nitrogens with zero attached hydrogens (tertiary/aromatic N) is 1. The zero-order valence-electron chi connectivity index (χ0n) is 14.7. The van der Waals surface area contributed by atoms with E-state index in [1.54, 1.807) is 0 Å². The topological polar surface area (TPSA) is 58.6 Å². The molecule has 2 aliphatic rings. The van der Waals surface area contributed by atoms with Gasteiger partial charge in [0.05, 0.1) is 11.5 Å². The highest BCUT2D eigenvalue weighted by Crippen LogP contribution is 2.46. The maximum Gasteiger partial charge on any atom is 0.232 e. The lowest BCUT2D eigenvalue weighted by molar-refractivity contribution is -0.140. The van der Waals surface area contributed by atoms with E-state index in [4.69, 9.17) is 4.74 Å². The van der Waals surface area contributed by atoms with Crippen LogP contribution < -0.4 is 5.32 Å². The Hall–Kier alpha value is -1.36. The lowest BCUT2D eigenvalue weighted by atomic mass is 9.69. The van der Waals surface area contributed by atoms with Crippen LogP contribution in [0.3, 0.4) is 0 Å². The number of amides is 2.